The van der Waals surface area contributed by atoms with Gasteiger partial charge in [-0.05, 0) is 43.0 Å². The van der Waals surface area contributed by atoms with Gasteiger partial charge in [0.25, 0.3) is 0 Å². The average molecular weight is 444 g/mol. The van der Waals surface area contributed by atoms with Gasteiger partial charge in [0.15, 0.2) is 11.5 Å². The van der Waals surface area contributed by atoms with Crippen LogP contribution in [-0.2, 0) is 21.6 Å². The number of rotatable bonds is 9. The Kier molecular flexibility index (Phi) is 8.01. The van der Waals surface area contributed by atoms with E-state index >= 15 is 0 Å². The van der Waals surface area contributed by atoms with Crippen molar-refractivity contribution in [3.63, 3.8) is 0 Å². The van der Waals surface area contributed by atoms with Gasteiger partial charge in [-0.15, -0.1) is 0 Å². The van der Waals surface area contributed by atoms with Crippen LogP contribution in [0.3, 0.4) is 0 Å². The van der Waals surface area contributed by atoms with E-state index in [2.05, 4.69) is 10.8 Å². The van der Waals surface area contributed by atoms with Crippen LogP contribution in [0.1, 0.15) is 30.9 Å². The second-order valence-corrected chi connectivity index (χ2v) is 7.59. The van der Waals surface area contributed by atoms with Crippen molar-refractivity contribution in [2.75, 3.05) is 26.2 Å². The van der Waals surface area contributed by atoms with Gasteiger partial charge in [-0.2, -0.15) is 14.0 Å². The highest BCUT2D eigenvalue weighted by molar-refractivity contribution is 5.71. The van der Waals surface area contributed by atoms with E-state index in [0.29, 0.717) is 38.1 Å². The number of ether oxygens (including phenoxy) is 3. The van der Waals surface area contributed by atoms with Crippen molar-refractivity contribution in [2.45, 2.75) is 38.4 Å². The number of likely N-dealkylation sites (tertiary alicyclic amines) is 1. The normalized spacial score (nSPS) is 15.7. The summed E-state index contributed by atoms with van der Waals surface area (Å²) in [5, 5.41) is 10.0. The summed E-state index contributed by atoms with van der Waals surface area (Å²) in [6.07, 6.45) is 0.992. The molecule has 1 aliphatic rings. The van der Waals surface area contributed by atoms with Gasteiger partial charge < -0.3 is 14.2 Å². The van der Waals surface area contributed by atoms with Crippen LogP contribution in [0.2, 0.25) is 0 Å². The number of halogens is 2. The number of carbonyl (C=O) groups excluding carboxylic acids is 1. The number of carbonyl (C=O) groups is 1. The van der Waals surface area contributed by atoms with Crippen LogP contribution < -0.4 is 9.47 Å². The van der Waals surface area contributed by atoms with Crippen LogP contribution in [0.5, 0.6) is 11.5 Å². The summed E-state index contributed by atoms with van der Waals surface area (Å²) in [4.78, 5) is 13.7. The van der Waals surface area contributed by atoms with E-state index in [1.807, 2.05) is 35.2 Å². The lowest BCUT2D eigenvalue weighted by Gasteiger charge is -2.37. The molecule has 32 heavy (non-hydrogen) atoms. The first kappa shape index (κ1) is 23.5. The first-order valence-corrected chi connectivity index (χ1v) is 10.5. The predicted molar refractivity (Wildman–Crippen MR) is 113 cm³/mol. The molecule has 0 unspecified atom stereocenters. The molecule has 3 rings (SSSR count). The van der Waals surface area contributed by atoms with Crippen LogP contribution in [0.25, 0.3) is 0 Å². The van der Waals surface area contributed by atoms with Gasteiger partial charge in [0.05, 0.1) is 24.6 Å². The Morgan fingerprint density at radius 3 is 2.50 bits per heavy atom. The first-order valence-electron chi connectivity index (χ1n) is 10.5. The molecule has 0 saturated carbocycles. The van der Waals surface area contributed by atoms with Crippen LogP contribution >= 0.6 is 0 Å². The van der Waals surface area contributed by atoms with Crippen molar-refractivity contribution in [3.05, 3.63) is 59.7 Å². The highest BCUT2D eigenvalue weighted by atomic mass is 19.3. The van der Waals surface area contributed by atoms with Gasteiger partial charge in [-0.1, -0.05) is 36.4 Å². The lowest BCUT2D eigenvalue weighted by molar-refractivity contribution is -0.144. The van der Waals surface area contributed by atoms with Gasteiger partial charge in [-0.25, -0.2) is 0 Å². The first-order chi connectivity index (χ1) is 15.5. The van der Waals surface area contributed by atoms with Crippen LogP contribution in [0, 0.1) is 11.3 Å². The summed E-state index contributed by atoms with van der Waals surface area (Å²) in [5.41, 5.74) is 0.753. The van der Waals surface area contributed by atoms with Crippen LogP contribution in [0.4, 0.5) is 8.78 Å². The maximum Gasteiger partial charge on any atom is 0.387 e. The Hall–Kier alpha value is -3.18. The van der Waals surface area contributed by atoms with E-state index < -0.39 is 12.0 Å². The van der Waals surface area contributed by atoms with Crippen LogP contribution in [0.15, 0.2) is 48.5 Å². The molecular formula is C24H26F2N2O4. The number of nitriles is 1. The van der Waals surface area contributed by atoms with E-state index in [1.165, 1.54) is 6.07 Å². The van der Waals surface area contributed by atoms with E-state index in [1.54, 1.807) is 19.1 Å². The monoisotopic (exact) mass is 444 g/mol. The number of hydrogen-bond donors (Lipinski definition) is 0. The third-order valence-corrected chi connectivity index (χ3v) is 5.53. The Balaban J connectivity index is 1.78. The number of nitrogens with zero attached hydrogens (tertiary/aromatic N) is 2. The van der Waals surface area contributed by atoms with Crippen LogP contribution in [-0.4, -0.2) is 43.7 Å². The Labute approximate surface area is 186 Å². The zero-order valence-electron chi connectivity index (χ0n) is 17.9. The highest BCUT2D eigenvalue weighted by Gasteiger charge is 2.37. The van der Waals surface area contributed by atoms with Crippen molar-refractivity contribution >= 4 is 5.97 Å². The molecule has 0 radical (unpaired) electrons. The molecular weight excluding hydrogens is 418 g/mol. The maximum atomic E-state index is 12.9. The molecule has 1 saturated heterocycles. The molecule has 0 N–H and O–H groups in total. The smallest absolute Gasteiger partial charge is 0.387 e. The zero-order chi connectivity index (χ0) is 23.0. The SMILES string of the molecule is CCOC(=O)CN1CCC(C#N)(c2ccc(OC(F)F)c(OCc3ccccc3)c2)CC1. The molecule has 170 valence electrons. The molecule has 0 atom stereocenters. The van der Waals surface area contributed by atoms with Crippen molar-refractivity contribution in [3.8, 4) is 17.6 Å². The number of alkyl halides is 2. The minimum atomic E-state index is -2.99. The lowest BCUT2D eigenvalue weighted by atomic mass is 9.74. The molecule has 0 aliphatic carbocycles. The fourth-order valence-corrected chi connectivity index (χ4v) is 3.79. The zero-order valence-corrected chi connectivity index (χ0v) is 17.9. The largest absolute Gasteiger partial charge is 0.485 e. The molecule has 1 aliphatic heterocycles. The fraction of sp³-hybridized carbons (Fsp3) is 0.417. The van der Waals surface area contributed by atoms with Gasteiger partial charge in [0, 0.05) is 13.1 Å². The molecule has 0 bridgehead atoms. The number of piperidine rings is 1. The topological polar surface area (TPSA) is 71.8 Å². The Morgan fingerprint density at radius 1 is 1.16 bits per heavy atom. The summed E-state index contributed by atoms with van der Waals surface area (Å²) < 4.78 is 41.2. The minimum absolute atomic E-state index is 0.0764. The Bertz CT molecular complexity index is 939. The summed E-state index contributed by atoms with van der Waals surface area (Å²) in [5.74, 6) is -0.204. The summed E-state index contributed by atoms with van der Waals surface area (Å²) in [6.45, 7) is 0.542. The molecule has 1 fully saturated rings. The number of hydrogen-bond acceptors (Lipinski definition) is 6. The molecule has 6 nitrogen and oxygen atoms in total. The summed E-state index contributed by atoms with van der Waals surface area (Å²) >= 11 is 0. The third kappa shape index (κ3) is 5.95. The van der Waals surface area contributed by atoms with E-state index in [0.717, 1.165) is 5.56 Å². The quantitative estimate of drug-likeness (QED) is 0.538. The fourth-order valence-electron chi connectivity index (χ4n) is 3.79. The van der Waals surface area contributed by atoms with E-state index in [4.69, 9.17) is 9.47 Å². The average Bonchev–Trinajstić information content (AvgIpc) is 2.79. The Morgan fingerprint density at radius 2 is 1.88 bits per heavy atom. The van der Waals surface area contributed by atoms with Crippen molar-refractivity contribution in [1.29, 1.82) is 5.26 Å². The molecule has 1 heterocycles. The number of esters is 1. The molecule has 0 aromatic heterocycles. The second-order valence-electron chi connectivity index (χ2n) is 7.59. The minimum Gasteiger partial charge on any atom is -0.485 e. The highest BCUT2D eigenvalue weighted by Crippen LogP contribution is 2.40. The number of benzene rings is 2. The molecule has 8 heteroatoms. The van der Waals surface area contributed by atoms with E-state index in [9.17, 15) is 18.8 Å². The van der Waals surface area contributed by atoms with Gasteiger partial charge in [0.2, 0.25) is 0 Å². The van der Waals surface area contributed by atoms with Gasteiger partial charge >= 0.3 is 12.6 Å². The molecule has 2 aromatic rings. The summed E-state index contributed by atoms with van der Waals surface area (Å²) in [7, 11) is 0. The van der Waals surface area contributed by atoms with Crippen molar-refractivity contribution in [2.24, 2.45) is 0 Å². The van der Waals surface area contributed by atoms with Gasteiger partial charge in [-0.3, -0.25) is 9.69 Å². The maximum absolute atomic E-state index is 12.9. The van der Waals surface area contributed by atoms with Crippen molar-refractivity contribution < 1.29 is 27.8 Å². The molecule has 2 aromatic carbocycles. The third-order valence-electron chi connectivity index (χ3n) is 5.53. The van der Waals surface area contributed by atoms with E-state index in [-0.39, 0.29) is 30.6 Å². The standard InChI is InChI=1S/C24H26F2N2O4/c1-2-30-22(29)15-28-12-10-24(17-27,11-13-28)19-8-9-20(32-23(25)26)21(14-19)31-16-18-6-4-3-5-7-18/h3-9,14,23H,2,10-13,15-16H2,1H3. The van der Waals surface area contributed by atoms with Gasteiger partial charge in [0.1, 0.15) is 6.61 Å². The predicted octanol–water partition coefficient (Wildman–Crippen LogP) is 4.29. The summed E-state index contributed by atoms with van der Waals surface area (Å²) in [6, 6.07) is 16.4. The molecule has 0 amide bonds. The lowest BCUT2D eigenvalue weighted by Crippen LogP contribution is -2.44. The molecule has 0 spiro atoms. The second kappa shape index (κ2) is 10.9. The van der Waals surface area contributed by atoms with Crippen molar-refractivity contribution in [1.82, 2.24) is 4.90 Å².